The van der Waals surface area contributed by atoms with Gasteiger partial charge in [0.05, 0.1) is 11.5 Å². The Labute approximate surface area is 134 Å². The lowest BCUT2D eigenvalue weighted by molar-refractivity contribution is -0.161. The summed E-state index contributed by atoms with van der Waals surface area (Å²) >= 11 is 1.59. The standard InChI is InChI=1S/C14H22N2O5S/c1-9(12(18)15-6-7-20-3)21-13(19)10-8-22-14(2)5-4-11(17)16(10)14/h9-10H,4-8H2,1-3H3,(H,15,18)/t9-,10-,14-/m0/s1. The Morgan fingerprint density at radius 2 is 2.27 bits per heavy atom. The summed E-state index contributed by atoms with van der Waals surface area (Å²) in [6.45, 7) is 4.25. The predicted molar refractivity (Wildman–Crippen MR) is 81.2 cm³/mol. The largest absolute Gasteiger partial charge is 0.451 e. The van der Waals surface area contributed by atoms with Crippen molar-refractivity contribution in [3.63, 3.8) is 0 Å². The first-order valence-corrected chi connectivity index (χ1v) is 8.31. The highest BCUT2D eigenvalue weighted by Crippen LogP contribution is 2.47. The number of carbonyl (C=O) groups is 3. The zero-order chi connectivity index (χ0) is 16.3. The molecule has 0 aromatic rings. The number of hydrogen-bond donors (Lipinski definition) is 1. The molecule has 0 aliphatic carbocycles. The van der Waals surface area contributed by atoms with Gasteiger partial charge in [0.2, 0.25) is 5.91 Å². The summed E-state index contributed by atoms with van der Waals surface area (Å²) in [5.41, 5.74) is 0. The molecule has 0 unspecified atom stereocenters. The van der Waals surface area contributed by atoms with Gasteiger partial charge in [-0.1, -0.05) is 0 Å². The Bertz CT molecular complexity index is 472. The minimum absolute atomic E-state index is 0.0216. The Morgan fingerprint density at radius 1 is 1.55 bits per heavy atom. The summed E-state index contributed by atoms with van der Waals surface area (Å²) < 4.78 is 10.1. The molecule has 2 saturated heterocycles. The SMILES string of the molecule is COCCNC(=O)[C@H](C)OC(=O)[C@@H]1CS[C@@]2(C)CCC(=O)N12. The lowest BCUT2D eigenvalue weighted by Crippen LogP contribution is -2.48. The number of nitrogens with zero attached hydrogens (tertiary/aromatic N) is 1. The van der Waals surface area contributed by atoms with Crippen LogP contribution < -0.4 is 5.32 Å². The Kier molecular flexibility index (Phi) is 5.33. The lowest BCUT2D eigenvalue weighted by atomic mass is 10.2. The number of methoxy groups -OCH3 is 1. The van der Waals surface area contributed by atoms with E-state index in [9.17, 15) is 14.4 Å². The zero-order valence-electron chi connectivity index (χ0n) is 13.1. The quantitative estimate of drug-likeness (QED) is 0.551. The van der Waals surface area contributed by atoms with Crippen LogP contribution in [0.5, 0.6) is 0 Å². The van der Waals surface area contributed by atoms with Crippen LogP contribution in [-0.2, 0) is 23.9 Å². The molecule has 0 saturated carbocycles. The van der Waals surface area contributed by atoms with E-state index < -0.39 is 18.1 Å². The number of thioether (sulfide) groups is 1. The lowest BCUT2D eigenvalue weighted by Gasteiger charge is -2.29. The van der Waals surface area contributed by atoms with Gasteiger partial charge in [-0.3, -0.25) is 9.59 Å². The number of carbonyl (C=O) groups excluding carboxylic acids is 3. The second-order valence-corrected chi connectivity index (χ2v) is 7.13. The van der Waals surface area contributed by atoms with E-state index in [1.807, 2.05) is 6.92 Å². The predicted octanol–water partition coefficient (Wildman–Crippen LogP) is 0.135. The fraction of sp³-hybridized carbons (Fsp3) is 0.786. The smallest absolute Gasteiger partial charge is 0.330 e. The van der Waals surface area contributed by atoms with Gasteiger partial charge in [0, 0.05) is 25.8 Å². The second-order valence-electron chi connectivity index (χ2n) is 5.63. The van der Waals surface area contributed by atoms with Gasteiger partial charge in [-0.2, -0.15) is 0 Å². The first kappa shape index (κ1) is 17.1. The van der Waals surface area contributed by atoms with E-state index in [0.29, 0.717) is 25.3 Å². The van der Waals surface area contributed by atoms with Gasteiger partial charge >= 0.3 is 5.97 Å². The van der Waals surface area contributed by atoms with Crippen LogP contribution >= 0.6 is 11.8 Å². The van der Waals surface area contributed by atoms with Gasteiger partial charge in [-0.25, -0.2) is 4.79 Å². The normalized spacial score (nSPS) is 28.4. The second kappa shape index (κ2) is 6.87. The minimum atomic E-state index is -0.890. The van der Waals surface area contributed by atoms with Crippen LogP contribution in [0.1, 0.15) is 26.7 Å². The zero-order valence-corrected chi connectivity index (χ0v) is 13.9. The molecule has 22 heavy (non-hydrogen) atoms. The van der Waals surface area contributed by atoms with Crippen LogP contribution in [0.3, 0.4) is 0 Å². The van der Waals surface area contributed by atoms with Gasteiger partial charge in [0.1, 0.15) is 6.04 Å². The van der Waals surface area contributed by atoms with Gasteiger partial charge in [0.15, 0.2) is 6.10 Å². The molecule has 3 atom stereocenters. The summed E-state index contributed by atoms with van der Waals surface area (Å²) in [5.74, 6) is -0.391. The van der Waals surface area contributed by atoms with Crippen molar-refractivity contribution in [3.05, 3.63) is 0 Å². The van der Waals surface area contributed by atoms with Crippen molar-refractivity contribution in [3.8, 4) is 0 Å². The van der Waals surface area contributed by atoms with Crippen molar-refractivity contribution in [2.24, 2.45) is 0 Å². The van der Waals surface area contributed by atoms with Crippen molar-refractivity contribution < 1.29 is 23.9 Å². The summed E-state index contributed by atoms with van der Waals surface area (Å²) in [5, 5.41) is 2.61. The molecule has 0 spiro atoms. The highest BCUT2D eigenvalue weighted by Gasteiger charge is 2.53. The van der Waals surface area contributed by atoms with Gasteiger partial charge in [-0.15, -0.1) is 11.8 Å². The molecule has 2 heterocycles. The van der Waals surface area contributed by atoms with E-state index in [0.717, 1.165) is 6.42 Å². The van der Waals surface area contributed by atoms with Crippen LogP contribution in [0.15, 0.2) is 0 Å². The molecule has 0 aromatic carbocycles. The molecular formula is C14H22N2O5S. The first-order chi connectivity index (χ1) is 10.4. The maximum Gasteiger partial charge on any atom is 0.330 e. The molecule has 2 rings (SSSR count). The molecule has 0 bridgehead atoms. The van der Waals surface area contributed by atoms with Crippen molar-refractivity contribution in [2.45, 2.75) is 43.7 Å². The third-order valence-electron chi connectivity index (χ3n) is 3.98. The Balaban J connectivity index is 1.89. The third-order valence-corrected chi connectivity index (χ3v) is 5.49. The van der Waals surface area contributed by atoms with E-state index >= 15 is 0 Å². The molecule has 0 aromatic heterocycles. The Hall–Kier alpha value is -1.28. The molecule has 124 valence electrons. The van der Waals surface area contributed by atoms with E-state index in [1.54, 1.807) is 16.7 Å². The van der Waals surface area contributed by atoms with E-state index in [1.165, 1.54) is 14.0 Å². The number of hydrogen-bond acceptors (Lipinski definition) is 6. The fourth-order valence-electron chi connectivity index (χ4n) is 2.72. The van der Waals surface area contributed by atoms with Crippen LogP contribution in [0.25, 0.3) is 0 Å². The Morgan fingerprint density at radius 3 is 2.95 bits per heavy atom. The van der Waals surface area contributed by atoms with Crippen LogP contribution in [0.4, 0.5) is 0 Å². The van der Waals surface area contributed by atoms with Crippen LogP contribution in [0.2, 0.25) is 0 Å². The van der Waals surface area contributed by atoms with E-state index in [4.69, 9.17) is 9.47 Å². The number of nitrogens with one attached hydrogen (secondary N) is 1. The first-order valence-electron chi connectivity index (χ1n) is 7.32. The summed E-state index contributed by atoms with van der Waals surface area (Å²) in [4.78, 5) is 37.4. The number of rotatable bonds is 6. The summed E-state index contributed by atoms with van der Waals surface area (Å²) in [7, 11) is 1.54. The molecule has 0 radical (unpaired) electrons. The van der Waals surface area contributed by atoms with Gasteiger partial charge in [-0.05, 0) is 20.3 Å². The highest BCUT2D eigenvalue weighted by molar-refractivity contribution is 8.01. The van der Waals surface area contributed by atoms with Crippen LogP contribution in [0, 0.1) is 0 Å². The number of esters is 1. The molecule has 7 nitrogen and oxygen atoms in total. The average molecular weight is 330 g/mol. The average Bonchev–Trinajstić information content (AvgIpc) is 2.96. The maximum absolute atomic E-state index is 12.3. The number of ether oxygens (including phenoxy) is 2. The number of fused-ring (bicyclic) bond motifs is 1. The fourth-order valence-corrected chi connectivity index (χ4v) is 4.14. The van der Waals surface area contributed by atoms with E-state index in [2.05, 4.69) is 5.32 Å². The highest BCUT2D eigenvalue weighted by atomic mass is 32.2. The van der Waals surface area contributed by atoms with Crippen molar-refractivity contribution in [2.75, 3.05) is 26.0 Å². The molecule has 2 fully saturated rings. The summed E-state index contributed by atoms with van der Waals surface area (Å²) in [6.07, 6.45) is 0.312. The van der Waals surface area contributed by atoms with Crippen molar-refractivity contribution in [1.29, 1.82) is 0 Å². The third kappa shape index (κ3) is 3.38. The van der Waals surface area contributed by atoms with Gasteiger partial charge in [0.25, 0.3) is 5.91 Å². The van der Waals surface area contributed by atoms with Crippen molar-refractivity contribution >= 4 is 29.5 Å². The maximum atomic E-state index is 12.3. The monoisotopic (exact) mass is 330 g/mol. The molecule has 1 N–H and O–H groups in total. The molecule has 2 aliphatic rings. The summed E-state index contributed by atoms with van der Waals surface area (Å²) in [6, 6.07) is -0.598. The van der Waals surface area contributed by atoms with Gasteiger partial charge < -0.3 is 19.7 Å². The topological polar surface area (TPSA) is 84.9 Å². The number of amides is 2. The van der Waals surface area contributed by atoms with Crippen LogP contribution in [-0.4, -0.2) is 65.7 Å². The molecule has 2 aliphatic heterocycles. The molecule has 8 heteroatoms. The molecular weight excluding hydrogens is 308 g/mol. The van der Waals surface area contributed by atoms with E-state index in [-0.39, 0.29) is 16.7 Å². The van der Waals surface area contributed by atoms with Crippen molar-refractivity contribution in [1.82, 2.24) is 10.2 Å². The molecule has 2 amide bonds. The minimum Gasteiger partial charge on any atom is -0.451 e.